The molecule has 0 rings (SSSR count). The number of halogens is 3. The average Bonchev–Trinajstić information content (AvgIpc) is 2.12. The second-order valence-electron chi connectivity index (χ2n) is 3.05. The molecule has 0 spiro atoms. The Labute approximate surface area is 86.5 Å². The summed E-state index contributed by atoms with van der Waals surface area (Å²) in [5.41, 5.74) is 0. The van der Waals surface area contributed by atoms with Gasteiger partial charge >= 0.3 is 6.18 Å². The summed E-state index contributed by atoms with van der Waals surface area (Å²) in [6.07, 6.45) is -3.43. The normalized spacial score (nSPS) is 11.7. The first kappa shape index (κ1) is 14.4. The number of ether oxygens (including phenoxy) is 2. The van der Waals surface area contributed by atoms with E-state index in [9.17, 15) is 18.0 Å². The van der Waals surface area contributed by atoms with E-state index >= 15 is 0 Å². The first-order valence-electron chi connectivity index (χ1n) is 4.61. The topological polar surface area (TPSA) is 35.5 Å². The number of methoxy groups -OCH3 is 1. The van der Waals surface area contributed by atoms with Gasteiger partial charge in [0.15, 0.2) is 0 Å². The summed E-state index contributed by atoms with van der Waals surface area (Å²) in [5, 5.41) is 0. The van der Waals surface area contributed by atoms with E-state index in [1.54, 1.807) is 0 Å². The van der Waals surface area contributed by atoms with E-state index < -0.39 is 12.8 Å². The van der Waals surface area contributed by atoms with Gasteiger partial charge in [-0.25, -0.2) is 0 Å². The first-order valence-corrected chi connectivity index (χ1v) is 4.61. The molecule has 0 heterocycles. The molecule has 0 unspecified atom stereocenters. The highest BCUT2D eigenvalue weighted by molar-refractivity contribution is 5.78. The largest absolute Gasteiger partial charge is 0.411 e. The Morgan fingerprint density at radius 1 is 1.20 bits per heavy atom. The molecule has 3 nitrogen and oxygen atoms in total. The van der Waals surface area contributed by atoms with Crippen molar-refractivity contribution >= 4 is 5.78 Å². The lowest BCUT2D eigenvalue weighted by atomic mass is 10.2. The second-order valence-corrected chi connectivity index (χ2v) is 3.05. The third-order valence-electron chi connectivity index (χ3n) is 1.60. The smallest absolute Gasteiger partial charge is 0.384 e. The molecular formula is C9H15F3O3. The van der Waals surface area contributed by atoms with Crippen LogP contribution < -0.4 is 0 Å². The van der Waals surface area contributed by atoms with Crippen molar-refractivity contribution in [2.75, 3.05) is 26.9 Å². The van der Waals surface area contributed by atoms with Gasteiger partial charge in [0.05, 0.1) is 6.61 Å². The molecule has 0 aliphatic heterocycles. The molecule has 0 aromatic rings. The van der Waals surface area contributed by atoms with Crippen molar-refractivity contribution in [1.82, 2.24) is 0 Å². The maximum Gasteiger partial charge on any atom is 0.411 e. The van der Waals surface area contributed by atoms with Gasteiger partial charge in [0.2, 0.25) is 0 Å². The SMILES string of the molecule is COCCC(=O)CCCOCC(F)(F)F. The highest BCUT2D eigenvalue weighted by Gasteiger charge is 2.27. The summed E-state index contributed by atoms with van der Waals surface area (Å²) in [6, 6.07) is 0. The Bertz CT molecular complexity index is 180. The molecule has 0 bridgehead atoms. The van der Waals surface area contributed by atoms with Crippen LogP contribution >= 0.6 is 0 Å². The van der Waals surface area contributed by atoms with Gasteiger partial charge in [0.25, 0.3) is 0 Å². The maximum absolute atomic E-state index is 11.6. The van der Waals surface area contributed by atoms with Crippen LogP contribution in [-0.4, -0.2) is 38.9 Å². The van der Waals surface area contributed by atoms with E-state index in [4.69, 9.17) is 0 Å². The molecule has 0 aromatic heterocycles. The monoisotopic (exact) mass is 228 g/mol. The molecule has 0 amide bonds. The molecule has 0 saturated heterocycles. The summed E-state index contributed by atoms with van der Waals surface area (Å²) in [7, 11) is 1.49. The minimum Gasteiger partial charge on any atom is -0.384 e. The Hall–Kier alpha value is -0.620. The summed E-state index contributed by atoms with van der Waals surface area (Å²) in [6.45, 7) is -0.945. The molecule has 6 heteroatoms. The number of rotatable bonds is 8. The summed E-state index contributed by atoms with van der Waals surface area (Å²) in [5.74, 6) is -0.0209. The fourth-order valence-corrected chi connectivity index (χ4v) is 0.900. The van der Waals surface area contributed by atoms with Crippen LogP contribution in [-0.2, 0) is 14.3 Å². The van der Waals surface area contributed by atoms with Crippen molar-refractivity contribution in [3.8, 4) is 0 Å². The molecule has 0 N–H and O–H groups in total. The molecule has 0 radical (unpaired) electrons. The summed E-state index contributed by atoms with van der Waals surface area (Å²) in [4.78, 5) is 11.0. The molecule has 0 atom stereocenters. The van der Waals surface area contributed by atoms with Gasteiger partial charge in [-0.3, -0.25) is 4.79 Å². The lowest BCUT2D eigenvalue weighted by molar-refractivity contribution is -0.174. The average molecular weight is 228 g/mol. The standard InChI is InChI=1S/C9H15F3O3/c1-14-6-4-8(13)3-2-5-15-7-9(10,11)12/h2-7H2,1H3. The zero-order valence-electron chi connectivity index (χ0n) is 8.60. The zero-order valence-corrected chi connectivity index (χ0v) is 8.60. The third kappa shape index (κ3) is 11.3. The number of ketones is 1. The fraction of sp³-hybridized carbons (Fsp3) is 0.889. The van der Waals surface area contributed by atoms with Gasteiger partial charge in [-0.1, -0.05) is 0 Å². The van der Waals surface area contributed by atoms with Gasteiger partial charge in [0, 0.05) is 26.6 Å². The molecule has 0 aliphatic rings. The first-order chi connectivity index (χ1) is 6.95. The molecular weight excluding hydrogens is 213 g/mol. The van der Waals surface area contributed by atoms with Crippen molar-refractivity contribution in [3.63, 3.8) is 0 Å². The van der Waals surface area contributed by atoms with E-state index in [0.29, 0.717) is 19.4 Å². The van der Waals surface area contributed by atoms with E-state index in [2.05, 4.69) is 9.47 Å². The van der Waals surface area contributed by atoms with Crippen LogP contribution in [0.5, 0.6) is 0 Å². The Kier molecular flexibility index (Phi) is 7.33. The van der Waals surface area contributed by atoms with E-state index in [1.807, 2.05) is 0 Å². The minimum absolute atomic E-state index is 0.0209. The number of hydrogen-bond acceptors (Lipinski definition) is 3. The highest BCUT2D eigenvalue weighted by Crippen LogP contribution is 2.14. The van der Waals surface area contributed by atoms with Gasteiger partial charge < -0.3 is 9.47 Å². The molecule has 90 valence electrons. The minimum atomic E-state index is -4.29. The van der Waals surface area contributed by atoms with E-state index in [1.165, 1.54) is 7.11 Å². The van der Waals surface area contributed by atoms with Gasteiger partial charge in [-0.2, -0.15) is 13.2 Å². The van der Waals surface area contributed by atoms with Crippen LogP contribution in [0.3, 0.4) is 0 Å². The molecule has 0 saturated carbocycles. The van der Waals surface area contributed by atoms with Crippen molar-refractivity contribution in [3.05, 3.63) is 0 Å². The van der Waals surface area contributed by atoms with Gasteiger partial charge in [-0.15, -0.1) is 0 Å². The predicted octanol–water partition coefficient (Wildman–Crippen LogP) is 1.95. The zero-order chi connectivity index (χ0) is 11.7. The van der Waals surface area contributed by atoms with E-state index in [-0.39, 0.29) is 18.8 Å². The van der Waals surface area contributed by atoms with E-state index in [0.717, 1.165) is 0 Å². The molecule has 0 aromatic carbocycles. The van der Waals surface area contributed by atoms with Gasteiger partial charge in [0.1, 0.15) is 12.4 Å². The van der Waals surface area contributed by atoms with Crippen molar-refractivity contribution < 1.29 is 27.4 Å². The van der Waals surface area contributed by atoms with Crippen LogP contribution in [0.4, 0.5) is 13.2 Å². The third-order valence-corrected chi connectivity index (χ3v) is 1.60. The maximum atomic E-state index is 11.6. The van der Waals surface area contributed by atoms with Gasteiger partial charge in [-0.05, 0) is 6.42 Å². The molecule has 0 aliphatic carbocycles. The lowest BCUT2D eigenvalue weighted by Gasteiger charge is -2.06. The Balaban J connectivity index is 3.27. The van der Waals surface area contributed by atoms with Crippen LogP contribution in [0.15, 0.2) is 0 Å². The van der Waals surface area contributed by atoms with Crippen molar-refractivity contribution in [1.29, 1.82) is 0 Å². The van der Waals surface area contributed by atoms with Crippen LogP contribution in [0, 0.1) is 0 Å². The number of Topliss-reactive ketones (excluding diaryl/α,β-unsaturated/α-hetero) is 1. The molecule has 15 heavy (non-hydrogen) atoms. The quantitative estimate of drug-likeness (QED) is 0.596. The summed E-state index contributed by atoms with van der Waals surface area (Å²) < 4.78 is 43.8. The molecule has 0 fully saturated rings. The number of carbonyl (C=O) groups is 1. The van der Waals surface area contributed by atoms with Crippen LogP contribution in [0.1, 0.15) is 19.3 Å². The Morgan fingerprint density at radius 2 is 1.87 bits per heavy atom. The van der Waals surface area contributed by atoms with Crippen molar-refractivity contribution in [2.24, 2.45) is 0 Å². The predicted molar refractivity (Wildman–Crippen MR) is 47.6 cm³/mol. The summed E-state index contributed by atoms with van der Waals surface area (Å²) >= 11 is 0. The number of carbonyl (C=O) groups excluding carboxylic acids is 1. The highest BCUT2D eigenvalue weighted by atomic mass is 19.4. The number of hydrogen-bond donors (Lipinski definition) is 0. The fourth-order valence-electron chi connectivity index (χ4n) is 0.900. The Morgan fingerprint density at radius 3 is 2.40 bits per heavy atom. The van der Waals surface area contributed by atoms with Crippen LogP contribution in [0.25, 0.3) is 0 Å². The lowest BCUT2D eigenvalue weighted by Crippen LogP contribution is -2.17. The van der Waals surface area contributed by atoms with Crippen LogP contribution in [0.2, 0.25) is 0 Å². The number of alkyl halides is 3. The van der Waals surface area contributed by atoms with Crippen molar-refractivity contribution in [2.45, 2.75) is 25.4 Å². The second kappa shape index (κ2) is 7.64.